The molecule has 134 valence electrons. The minimum atomic E-state index is -0.578. The molecule has 0 aromatic rings. The van der Waals surface area contributed by atoms with Crippen LogP contribution in [0.5, 0.6) is 0 Å². The lowest BCUT2D eigenvalue weighted by Gasteiger charge is -2.12. The van der Waals surface area contributed by atoms with E-state index in [0.717, 1.165) is 32.1 Å². The molecule has 1 atom stereocenters. The number of unbranched alkanes of at least 4 members (excludes halogenated alkanes) is 7. The SMILES string of the molecule is CCOC(=O)C(CCCCCCCCCCN=C(N)N)C(C)=O. The topological polar surface area (TPSA) is 108 Å². The number of ether oxygens (including phenoxy) is 1. The second kappa shape index (κ2) is 14.0. The molecule has 0 radical (unpaired) electrons. The molecule has 0 aliphatic rings. The standard InChI is InChI=1S/C17H33N3O3/c1-3-23-16(22)15(14(2)21)12-10-8-6-4-5-7-9-11-13-20-17(18)19/h15H,3-13H2,1-2H3,(H4,18,19,20). The van der Waals surface area contributed by atoms with Crippen molar-refractivity contribution in [2.45, 2.75) is 71.6 Å². The zero-order valence-electron chi connectivity index (χ0n) is 14.7. The third-order valence-electron chi connectivity index (χ3n) is 3.76. The first kappa shape index (κ1) is 21.4. The molecule has 0 aromatic carbocycles. The summed E-state index contributed by atoms with van der Waals surface area (Å²) in [6.07, 6.45) is 9.45. The quantitative estimate of drug-likeness (QED) is 0.168. The van der Waals surface area contributed by atoms with Crippen molar-refractivity contribution in [3.63, 3.8) is 0 Å². The summed E-state index contributed by atoms with van der Waals surface area (Å²) in [4.78, 5) is 27.1. The fourth-order valence-corrected chi connectivity index (χ4v) is 2.46. The minimum absolute atomic E-state index is 0.0933. The van der Waals surface area contributed by atoms with Crippen LogP contribution in [0.15, 0.2) is 4.99 Å². The molecule has 0 saturated heterocycles. The van der Waals surface area contributed by atoms with Gasteiger partial charge in [0.15, 0.2) is 5.96 Å². The highest BCUT2D eigenvalue weighted by Crippen LogP contribution is 2.15. The van der Waals surface area contributed by atoms with Crippen molar-refractivity contribution in [1.29, 1.82) is 0 Å². The fourth-order valence-electron chi connectivity index (χ4n) is 2.46. The molecular weight excluding hydrogens is 294 g/mol. The van der Waals surface area contributed by atoms with Gasteiger partial charge in [0.1, 0.15) is 11.7 Å². The number of hydrogen-bond acceptors (Lipinski definition) is 4. The largest absolute Gasteiger partial charge is 0.465 e. The van der Waals surface area contributed by atoms with Crippen LogP contribution < -0.4 is 11.5 Å². The summed E-state index contributed by atoms with van der Waals surface area (Å²) in [5.41, 5.74) is 10.5. The highest BCUT2D eigenvalue weighted by molar-refractivity contribution is 5.97. The molecule has 4 N–H and O–H groups in total. The first-order chi connectivity index (χ1) is 11.0. The van der Waals surface area contributed by atoms with Crippen molar-refractivity contribution in [2.75, 3.05) is 13.2 Å². The van der Waals surface area contributed by atoms with E-state index in [2.05, 4.69) is 4.99 Å². The molecule has 0 rings (SSSR count). The van der Waals surface area contributed by atoms with Crippen molar-refractivity contribution in [1.82, 2.24) is 0 Å². The molecule has 0 bridgehead atoms. The summed E-state index contributed by atoms with van der Waals surface area (Å²) in [6, 6.07) is 0. The van der Waals surface area contributed by atoms with Gasteiger partial charge in [0, 0.05) is 6.54 Å². The van der Waals surface area contributed by atoms with Crippen LogP contribution in [0.1, 0.15) is 71.6 Å². The molecule has 0 heterocycles. The average Bonchev–Trinajstić information content (AvgIpc) is 2.47. The summed E-state index contributed by atoms with van der Waals surface area (Å²) in [5.74, 6) is -0.882. The van der Waals surface area contributed by atoms with Crippen LogP contribution in [0.4, 0.5) is 0 Å². The first-order valence-corrected chi connectivity index (χ1v) is 8.71. The Bertz CT molecular complexity index is 366. The molecule has 0 saturated carbocycles. The number of hydrogen-bond donors (Lipinski definition) is 2. The van der Waals surface area contributed by atoms with Crippen LogP contribution in [0, 0.1) is 5.92 Å². The van der Waals surface area contributed by atoms with E-state index in [9.17, 15) is 9.59 Å². The van der Waals surface area contributed by atoms with E-state index < -0.39 is 5.92 Å². The van der Waals surface area contributed by atoms with Gasteiger partial charge < -0.3 is 16.2 Å². The summed E-state index contributed by atoms with van der Waals surface area (Å²) >= 11 is 0. The van der Waals surface area contributed by atoms with Gasteiger partial charge in [0.2, 0.25) is 0 Å². The number of carbonyl (C=O) groups is 2. The zero-order valence-corrected chi connectivity index (χ0v) is 14.7. The molecule has 0 fully saturated rings. The summed E-state index contributed by atoms with van der Waals surface area (Å²) in [5, 5.41) is 0. The van der Waals surface area contributed by atoms with Crippen molar-refractivity contribution in [3.8, 4) is 0 Å². The minimum Gasteiger partial charge on any atom is -0.465 e. The van der Waals surface area contributed by atoms with Crippen LogP contribution in [0.3, 0.4) is 0 Å². The van der Waals surface area contributed by atoms with Crippen molar-refractivity contribution in [2.24, 2.45) is 22.4 Å². The maximum atomic E-state index is 11.7. The van der Waals surface area contributed by atoms with Gasteiger partial charge >= 0.3 is 5.97 Å². The molecule has 1 unspecified atom stereocenters. The number of Topliss-reactive ketones (excluding diaryl/α,β-unsaturated/α-hetero) is 1. The predicted molar refractivity (Wildman–Crippen MR) is 93.0 cm³/mol. The van der Waals surface area contributed by atoms with Crippen molar-refractivity contribution >= 4 is 17.7 Å². The third kappa shape index (κ3) is 12.6. The summed E-state index contributed by atoms with van der Waals surface area (Å²) in [6.45, 7) is 4.25. The van der Waals surface area contributed by atoms with Gasteiger partial charge in [0.25, 0.3) is 0 Å². The lowest BCUT2D eigenvalue weighted by molar-refractivity contribution is -0.151. The fraction of sp³-hybridized carbons (Fsp3) is 0.824. The van der Waals surface area contributed by atoms with E-state index in [0.29, 0.717) is 19.6 Å². The van der Waals surface area contributed by atoms with E-state index in [1.165, 1.54) is 26.2 Å². The van der Waals surface area contributed by atoms with Crippen LogP contribution in [0.25, 0.3) is 0 Å². The molecule has 6 nitrogen and oxygen atoms in total. The van der Waals surface area contributed by atoms with E-state index in [1.807, 2.05) is 0 Å². The van der Waals surface area contributed by atoms with Gasteiger partial charge in [-0.3, -0.25) is 14.6 Å². The maximum absolute atomic E-state index is 11.7. The van der Waals surface area contributed by atoms with Crippen LogP contribution in [0.2, 0.25) is 0 Å². The predicted octanol–water partition coefficient (Wildman–Crippen LogP) is 2.54. The Morgan fingerprint density at radius 2 is 1.48 bits per heavy atom. The Kier molecular flexibility index (Phi) is 13.1. The molecular formula is C17H33N3O3. The lowest BCUT2D eigenvalue weighted by atomic mass is 9.97. The van der Waals surface area contributed by atoms with Crippen molar-refractivity contribution < 1.29 is 14.3 Å². The molecule has 0 aliphatic heterocycles. The molecule has 23 heavy (non-hydrogen) atoms. The second-order valence-electron chi connectivity index (χ2n) is 5.84. The smallest absolute Gasteiger partial charge is 0.316 e. The Labute approximate surface area is 140 Å². The van der Waals surface area contributed by atoms with Crippen LogP contribution in [-0.4, -0.2) is 30.9 Å². The van der Waals surface area contributed by atoms with Crippen molar-refractivity contribution in [3.05, 3.63) is 0 Å². The Balaban J connectivity index is 3.55. The van der Waals surface area contributed by atoms with Gasteiger partial charge in [-0.2, -0.15) is 0 Å². The number of nitrogens with two attached hydrogens (primary N) is 2. The van der Waals surface area contributed by atoms with Gasteiger partial charge in [-0.25, -0.2) is 0 Å². The third-order valence-corrected chi connectivity index (χ3v) is 3.76. The molecule has 0 aromatic heterocycles. The lowest BCUT2D eigenvalue weighted by Crippen LogP contribution is -2.24. The number of esters is 1. The molecule has 0 spiro atoms. The number of carbonyl (C=O) groups excluding carboxylic acids is 2. The zero-order chi connectivity index (χ0) is 17.5. The second-order valence-corrected chi connectivity index (χ2v) is 5.84. The highest BCUT2D eigenvalue weighted by atomic mass is 16.5. The van der Waals surface area contributed by atoms with E-state index in [4.69, 9.17) is 16.2 Å². The molecule has 0 amide bonds. The average molecular weight is 327 g/mol. The first-order valence-electron chi connectivity index (χ1n) is 8.71. The Morgan fingerprint density at radius 1 is 0.957 bits per heavy atom. The highest BCUT2D eigenvalue weighted by Gasteiger charge is 2.23. The van der Waals surface area contributed by atoms with Gasteiger partial charge in [0.05, 0.1) is 6.61 Å². The van der Waals surface area contributed by atoms with E-state index >= 15 is 0 Å². The summed E-state index contributed by atoms with van der Waals surface area (Å²) < 4.78 is 4.94. The van der Waals surface area contributed by atoms with Gasteiger partial charge in [-0.15, -0.1) is 0 Å². The number of ketones is 1. The van der Waals surface area contributed by atoms with Crippen LogP contribution >= 0.6 is 0 Å². The van der Waals surface area contributed by atoms with Gasteiger partial charge in [-0.1, -0.05) is 44.9 Å². The Hall–Kier alpha value is -1.59. The summed E-state index contributed by atoms with van der Waals surface area (Å²) in [7, 11) is 0. The van der Waals surface area contributed by atoms with Gasteiger partial charge in [-0.05, 0) is 26.7 Å². The van der Waals surface area contributed by atoms with Crippen LogP contribution in [-0.2, 0) is 14.3 Å². The normalized spacial score (nSPS) is 11.7. The number of guanidine groups is 1. The molecule has 6 heteroatoms. The number of rotatable bonds is 14. The maximum Gasteiger partial charge on any atom is 0.316 e. The molecule has 0 aliphatic carbocycles. The monoisotopic (exact) mass is 327 g/mol. The Morgan fingerprint density at radius 3 is 1.96 bits per heavy atom. The van der Waals surface area contributed by atoms with E-state index in [-0.39, 0.29) is 17.7 Å². The number of aliphatic imine (C=N–C) groups is 1. The number of nitrogens with zero attached hydrogens (tertiary/aromatic N) is 1. The van der Waals surface area contributed by atoms with E-state index in [1.54, 1.807) is 6.92 Å².